The van der Waals surface area contributed by atoms with E-state index in [1.807, 2.05) is 0 Å². The third kappa shape index (κ3) is 2.95. The predicted octanol–water partition coefficient (Wildman–Crippen LogP) is 2.32. The summed E-state index contributed by atoms with van der Waals surface area (Å²) >= 11 is 5.82. The van der Waals surface area contributed by atoms with E-state index in [1.165, 1.54) is 12.3 Å². The van der Waals surface area contributed by atoms with Gasteiger partial charge in [0.05, 0.1) is 5.69 Å². The first-order valence-corrected chi connectivity index (χ1v) is 6.49. The third-order valence-corrected chi connectivity index (χ3v) is 3.06. The molecule has 1 aromatic heterocycles. The summed E-state index contributed by atoms with van der Waals surface area (Å²) in [4.78, 5) is 27.3. The van der Waals surface area contributed by atoms with Crippen molar-refractivity contribution in [3.63, 3.8) is 0 Å². The summed E-state index contributed by atoms with van der Waals surface area (Å²) < 4.78 is 5.24. The van der Waals surface area contributed by atoms with Gasteiger partial charge in [0.15, 0.2) is 6.61 Å². The monoisotopic (exact) mass is 303 g/mol. The number of benzene rings is 1. The maximum atomic E-state index is 12.0. The molecule has 0 saturated heterocycles. The van der Waals surface area contributed by atoms with Gasteiger partial charge in [-0.3, -0.25) is 14.6 Å². The quantitative estimate of drug-likeness (QED) is 0.892. The van der Waals surface area contributed by atoms with Crippen LogP contribution < -0.4 is 15.4 Å². The van der Waals surface area contributed by atoms with Gasteiger partial charge < -0.3 is 15.4 Å². The number of carbonyl (C=O) groups excluding carboxylic acids is 2. The Morgan fingerprint density at radius 2 is 2.19 bits per heavy atom. The molecule has 0 saturated carbocycles. The van der Waals surface area contributed by atoms with Crippen LogP contribution in [0.1, 0.15) is 10.5 Å². The summed E-state index contributed by atoms with van der Waals surface area (Å²) in [6.45, 7) is -0.00879. The Balaban J connectivity index is 1.80. The third-order valence-electron chi connectivity index (χ3n) is 2.82. The van der Waals surface area contributed by atoms with Crippen LogP contribution in [0.15, 0.2) is 36.5 Å². The molecule has 1 aliphatic heterocycles. The average Bonchev–Trinajstić information content (AvgIpc) is 2.46. The maximum absolute atomic E-state index is 12.0. The molecule has 0 fully saturated rings. The Morgan fingerprint density at radius 3 is 3.00 bits per heavy atom. The second-order valence-corrected chi connectivity index (χ2v) is 4.80. The van der Waals surface area contributed by atoms with Crippen LogP contribution in [0.25, 0.3) is 0 Å². The number of aromatic nitrogens is 1. The van der Waals surface area contributed by atoms with Crippen molar-refractivity contribution in [2.75, 3.05) is 17.2 Å². The molecule has 0 radical (unpaired) electrons. The van der Waals surface area contributed by atoms with Crippen molar-refractivity contribution < 1.29 is 14.3 Å². The number of anilines is 2. The molecule has 0 aliphatic carbocycles. The van der Waals surface area contributed by atoms with Crippen molar-refractivity contribution in [1.29, 1.82) is 0 Å². The van der Waals surface area contributed by atoms with Gasteiger partial charge in [0.25, 0.3) is 11.8 Å². The Kier molecular flexibility index (Phi) is 3.45. The molecular formula is C14H10ClN3O3. The fraction of sp³-hybridized carbons (Fsp3) is 0.0714. The van der Waals surface area contributed by atoms with Crippen molar-refractivity contribution in [2.24, 2.45) is 0 Å². The van der Waals surface area contributed by atoms with E-state index in [-0.39, 0.29) is 24.1 Å². The highest BCUT2D eigenvalue weighted by atomic mass is 35.5. The van der Waals surface area contributed by atoms with E-state index in [9.17, 15) is 9.59 Å². The molecule has 0 spiro atoms. The smallest absolute Gasteiger partial charge is 0.274 e. The minimum absolute atomic E-state index is 0.00879. The Bertz CT molecular complexity index is 733. The number of fused-ring (bicyclic) bond motifs is 1. The van der Waals surface area contributed by atoms with Crippen LogP contribution >= 0.6 is 11.6 Å². The van der Waals surface area contributed by atoms with Crippen molar-refractivity contribution in [3.8, 4) is 5.75 Å². The predicted molar refractivity (Wildman–Crippen MR) is 77.8 cm³/mol. The number of nitrogens with zero attached hydrogens (tertiary/aromatic N) is 1. The zero-order valence-corrected chi connectivity index (χ0v) is 11.5. The molecule has 0 bridgehead atoms. The Morgan fingerprint density at radius 1 is 1.33 bits per heavy atom. The summed E-state index contributed by atoms with van der Waals surface area (Å²) in [5.74, 6) is -0.0588. The number of ether oxygens (including phenoxy) is 1. The zero-order chi connectivity index (χ0) is 14.8. The first kappa shape index (κ1) is 13.4. The molecule has 0 atom stereocenters. The second-order valence-electron chi connectivity index (χ2n) is 4.36. The summed E-state index contributed by atoms with van der Waals surface area (Å²) in [6, 6.07) is 8.04. The van der Waals surface area contributed by atoms with Gasteiger partial charge >= 0.3 is 0 Å². The Labute approximate surface area is 125 Å². The van der Waals surface area contributed by atoms with Gasteiger partial charge in [-0.1, -0.05) is 11.6 Å². The van der Waals surface area contributed by atoms with Crippen molar-refractivity contribution in [3.05, 3.63) is 47.2 Å². The number of amides is 2. The number of hydrogen-bond donors (Lipinski definition) is 2. The first-order chi connectivity index (χ1) is 10.1. The lowest BCUT2D eigenvalue weighted by atomic mass is 10.2. The van der Waals surface area contributed by atoms with Gasteiger partial charge in [-0.05, 0) is 30.3 Å². The lowest BCUT2D eigenvalue weighted by Gasteiger charge is -2.18. The van der Waals surface area contributed by atoms with Gasteiger partial charge in [0, 0.05) is 16.9 Å². The fourth-order valence-electron chi connectivity index (χ4n) is 1.88. The Hall–Kier alpha value is -2.60. The van der Waals surface area contributed by atoms with Crippen LogP contribution in [0.2, 0.25) is 5.02 Å². The van der Waals surface area contributed by atoms with Crippen LogP contribution in [-0.2, 0) is 4.79 Å². The molecule has 21 heavy (non-hydrogen) atoms. The highest BCUT2D eigenvalue weighted by Gasteiger charge is 2.17. The molecule has 1 aliphatic rings. The minimum Gasteiger partial charge on any atom is -0.482 e. The number of halogens is 1. The fourth-order valence-corrected chi connectivity index (χ4v) is 2.04. The summed E-state index contributed by atoms with van der Waals surface area (Å²) in [5, 5.41) is 5.79. The molecule has 2 heterocycles. The maximum Gasteiger partial charge on any atom is 0.274 e. The van der Waals surface area contributed by atoms with Crippen molar-refractivity contribution >= 4 is 34.8 Å². The molecule has 1 aromatic carbocycles. The summed E-state index contributed by atoms with van der Waals surface area (Å²) in [6.07, 6.45) is 1.46. The molecule has 2 amide bonds. The molecule has 0 unspecified atom stereocenters. The first-order valence-electron chi connectivity index (χ1n) is 6.11. The number of rotatable bonds is 2. The highest BCUT2D eigenvalue weighted by molar-refractivity contribution is 6.30. The van der Waals surface area contributed by atoms with E-state index in [2.05, 4.69) is 15.6 Å². The van der Waals surface area contributed by atoms with Crippen LogP contribution in [0.3, 0.4) is 0 Å². The lowest BCUT2D eigenvalue weighted by molar-refractivity contribution is -0.118. The molecule has 106 valence electrons. The zero-order valence-electron chi connectivity index (χ0n) is 10.7. The van der Waals surface area contributed by atoms with E-state index < -0.39 is 0 Å². The largest absolute Gasteiger partial charge is 0.482 e. The number of pyridine rings is 1. The van der Waals surface area contributed by atoms with Crippen LogP contribution in [0.5, 0.6) is 5.75 Å². The van der Waals surface area contributed by atoms with Gasteiger partial charge in [-0.2, -0.15) is 0 Å². The van der Waals surface area contributed by atoms with Crippen molar-refractivity contribution in [2.45, 2.75) is 0 Å². The summed E-state index contributed by atoms with van der Waals surface area (Å²) in [5.41, 5.74) is 1.25. The summed E-state index contributed by atoms with van der Waals surface area (Å²) in [7, 11) is 0. The van der Waals surface area contributed by atoms with Crippen LogP contribution in [0, 0.1) is 0 Å². The molecule has 6 nitrogen and oxygen atoms in total. The van der Waals surface area contributed by atoms with E-state index in [4.69, 9.17) is 16.3 Å². The van der Waals surface area contributed by atoms with Gasteiger partial charge in [0.1, 0.15) is 11.4 Å². The van der Waals surface area contributed by atoms with Gasteiger partial charge in [-0.15, -0.1) is 0 Å². The van der Waals surface area contributed by atoms with Gasteiger partial charge in [-0.25, -0.2) is 0 Å². The average molecular weight is 304 g/mol. The topological polar surface area (TPSA) is 80.3 Å². The van der Waals surface area contributed by atoms with E-state index in [0.29, 0.717) is 22.1 Å². The number of hydrogen-bond acceptors (Lipinski definition) is 4. The lowest BCUT2D eigenvalue weighted by Crippen LogP contribution is -2.25. The molecular weight excluding hydrogens is 294 g/mol. The van der Waals surface area contributed by atoms with Crippen LogP contribution in [-0.4, -0.2) is 23.4 Å². The molecule has 2 aromatic rings. The van der Waals surface area contributed by atoms with E-state index >= 15 is 0 Å². The second kappa shape index (κ2) is 5.41. The number of carbonyl (C=O) groups is 2. The standard InChI is InChI=1S/C14H10ClN3O3/c15-8-3-4-16-11(5-8)14(20)17-9-1-2-12-10(6-9)18-13(19)7-21-12/h1-6H,7H2,(H,17,20)(H,18,19). The van der Waals surface area contributed by atoms with Crippen LogP contribution in [0.4, 0.5) is 11.4 Å². The minimum atomic E-state index is -0.388. The van der Waals surface area contributed by atoms with Gasteiger partial charge in [0.2, 0.25) is 0 Å². The molecule has 7 heteroatoms. The number of nitrogens with one attached hydrogen (secondary N) is 2. The molecule has 3 rings (SSSR count). The van der Waals surface area contributed by atoms with E-state index in [1.54, 1.807) is 24.3 Å². The normalized spacial score (nSPS) is 12.9. The highest BCUT2D eigenvalue weighted by Crippen LogP contribution is 2.30. The van der Waals surface area contributed by atoms with E-state index in [0.717, 1.165) is 0 Å². The van der Waals surface area contributed by atoms with Crippen molar-refractivity contribution in [1.82, 2.24) is 4.98 Å². The SMILES string of the molecule is O=C1COc2ccc(NC(=O)c3cc(Cl)ccn3)cc2N1. The molecule has 2 N–H and O–H groups in total.